The molecule has 1 aliphatic rings. The third-order valence-electron chi connectivity index (χ3n) is 7.68. The molecule has 12 nitrogen and oxygen atoms in total. The van der Waals surface area contributed by atoms with E-state index in [1.165, 1.54) is 7.11 Å². The van der Waals surface area contributed by atoms with E-state index in [0.717, 1.165) is 29.3 Å². The van der Waals surface area contributed by atoms with Crippen molar-refractivity contribution >= 4 is 30.9 Å². The van der Waals surface area contributed by atoms with Crippen molar-refractivity contribution in [3.05, 3.63) is 66.6 Å². The highest BCUT2D eigenvalue weighted by Crippen LogP contribution is 2.28. The number of ether oxygens (including phenoxy) is 3. The van der Waals surface area contributed by atoms with Crippen LogP contribution in [0.25, 0.3) is 22.2 Å². The molecular weight excluding hydrogens is 592 g/mol. The van der Waals surface area contributed by atoms with Gasteiger partial charge in [0.1, 0.15) is 19.1 Å². The topological polar surface area (TPSA) is 132 Å². The Morgan fingerprint density at radius 3 is 2.51 bits per heavy atom. The van der Waals surface area contributed by atoms with E-state index in [0.29, 0.717) is 55.7 Å². The molecule has 1 unspecified atom stereocenters. The predicted octanol–water partition coefficient (Wildman–Crippen LogP) is 4.51. The Morgan fingerprint density at radius 2 is 1.82 bits per heavy atom. The van der Waals surface area contributed by atoms with Crippen LogP contribution in [0.4, 0.5) is 0 Å². The van der Waals surface area contributed by atoms with Crippen molar-refractivity contribution in [1.29, 1.82) is 0 Å². The molecule has 45 heavy (non-hydrogen) atoms. The van der Waals surface area contributed by atoms with Gasteiger partial charge >= 0.3 is 5.97 Å². The Labute approximate surface area is 263 Å². The average Bonchev–Trinajstić information content (AvgIpc) is 3.48. The molecule has 13 heteroatoms. The van der Waals surface area contributed by atoms with Gasteiger partial charge in [-0.1, -0.05) is 25.7 Å². The molecule has 1 aromatic carbocycles. The number of carboxylic acid groups (broad SMARTS) is 1. The first-order valence-corrected chi connectivity index (χ1v) is 18.7. The molecule has 0 bridgehead atoms. The molecule has 1 atom stereocenters. The number of carbonyl (C=O) groups excluding carboxylic acids is 1. The molecule has 1 N–H and O–H groups in total. The largest absolute Gasteiger partial charge is 0.480 e. The average molecular weight is 633 g/mol. The van der Waals surface area contributed by atoms with Crippen LogP contribution in [-0.2, 0) is 25.8 Å². The first kappa shape index (κ1) is 32.2. The Morgan fingerprint density at radius 1 is 1.02 bits per heavy atom. The molecule has 1 fully saturated rings. The number of methoxy groups -OCH3 is 1. The standard InChI is InChI=1S/C32H40N6O6Si/c1-42-21-30(39)36-13-15-37(16-14-36)31(32(40)41)27-8-5-23-19-25(7-9-26(23)35-27)44-29-10-6-24(20-33-29)28-11-12-34-38(28)22-43-17-18-45(2,3)4/h5-12,19-20,31H,13-18,21-22H2,1-4H3,(H,40,41). The number of aromatic nitrogens is 4. The maximum atomic E-state index is 12.3. The van der Waals surface area contributed by atoms with Crippen LogP contribution >= 0.6 is 0 Å². The molecule has 0 radical (unpaired) electrons. The number of carbonyl (C=O) groups is 2. The van der Waals surface area contributed by atoms with Gasteiger partial charge in [-0.2, -0.15) is 5.10 Å². The normalized spacial score (nSPS) is 14.9. The zero-order valence-electron chi connectivity index (χ0n) is 26.2. The lowest BCUT2D eigenvalue weighted by molar-refractivity contribution is -0.145. The molecule has 1 aliphatic heterocycles. The zero-order chi connectivity index (χ0) is 32.0. The minimum atomic E-state index is -1.15. The summed E-state index contributed by atoms with van der Waals surface area (Å²) in [6.45, 7) is 9.84. The second kappa shape index (κ2) is 14.3. The van der Waals surface area contributed by atoms with Gasteiger partial charge in [-0.05, 0) is 42.4 Å². The van der Waals surface area contributed by atoms with Gasteiger partial charge in [-0.15, -0.1) is 0 Å². The number of rotatable bonds is 13. The van der Waals surface area contributed by atoms with Crippen molar-refractivity contribution in [2.75, 3.05) is 46.5 Å². The Balaban J connectivity index is 1.22. The summed E-state index contributed by atoms with van der Waals surface area (Å²) in [5, 5.41) is 15.3. The molecule has 0 aliphatic carbocycles. The predicted molar refractivity (Wildman–Crippen MR) is 172 cm³/mol. The highest BCUT2D eigenvalue weighted by molar-refractivity contribution is 6.76. The number of nitrogens with zero attached hydrogens (tertiary/aromatic N) is 6. The van der Waals surface area contributed by atoms with Crippen LogP contribution in [0, 0.1) is 0 Å². The van der Waals surface area contributed by atoms with Crippen LogP contribution in [0.1, 0.15) is 11.7 Å². The third-order valence-corrected chi connectivity index (χ3v) is 9.38. The van der Waals surface area contributed by atoms with Crippen molar-refractivity contribution in [2.24, 2.45) is 0 Å². The first-order chi connectivity index (χ1) is 21.6. The molecule has 4 aromatic rings. The molecule has 0 saturated carbocycles. The van der Waals surface area contributed by atoms with Gasteiger partial charge in [-0.25, -0.2) is 9.67 Å². The van der Waals surface area contributed by atoms with Gasteiger partial charge in [0.25, 0.3) is 0 Å². The van der Waals surface area contributed by atoms with Crippen LogP contribution in [-0.4, -0.2) is 101 Å². The second-order valence-electron chi connectivity index (χ2n) is 12.2. The van der Waals surface area contributed by atoms with E-state index in [1.54, 1.807) is 29.4 Å². The van der Waals surface area contributed by atoms with E-state index >= 15 is 0 Å². The number of hydrogen-bond acceptors (Lipinski definition) is 9. The number of hydrogen-bond donors (Lipinski definition) is 1. The van der Waals surface area contributed by atoms with Gasteiger partial charge in [0.05, 0.1) is 16.9 Å². The fourth-order valence-corrected chi connectivity index (χ4v) is 5.93. The summed E-state index contributed by atoms with van der Waals surface area (Å²) >= 11 is 0. The molecule has 1 saturated heterocycles. The molecule has 3 aromatic heterocycles. The smallest absolute Gasteiger partial charge is 0.327 e. The van der Waals surface area contributed by atoms with Crippen molar-refractivity contribution in [3.63, 3.8) is 0 Å². The van der Waals surface area contributed by atoms with Crippen molar-refractivity contribution in [3.8, 4) is 22.9 Å². The molecule has 0 spiro atoms. The van der Waals surface area contributed by atoms with Crippen molar-refractivity contribution < 1.29 is 28.9 Å². The summed E-state index contributed by atoms with van der Waals surface area (Å²) in [6, 6.07) is 14.9. The fourth-order valence-electron chi connectivity index (χ4n) is 5.17. The summed E-state index contributed by atoms with van der Waals surface area (Å²) in [5.74, 6) is -0.0531. The fraction of sp³-hybridized carbons (Fsp3) is 0.406. The third kappa shape index (κ3) is 8.31. The molecule has 5 rings (SSSR count). The molecular formula is C32H40N6O6Si. The van der Waals surface area contributed by atoms with Gasteiger partial charge < -0.3 is 24.2 Å². The number of carboxylic acids is 1. The lowest BCUT2D eigenvalue weighted by Gasteiger charge is -2.37. The van der Waals surface area contributed by atoms with Gasteiger partial charge in [0, 0.05) is 77.4 Å². The maximum Gasteiger partial charge on any atom is 0.327 e. The molecule has 4 heterocycles. The Hall–Kier alpha value is -4.17. The van der Waals surface area contributed by atoms with E-state index < -0.39 is 20.1 Å². The van der Waals surface area contributed by atoms with E-state index in [-0.39, 0.29) is 12.5 Å². The van der Waals surface area contributed by atoms with Crippen LogP contribution in [0.15, 0.2) is 60.9 Å². The monoisotopic (exact) mass is 632 g/mol. The van der Waals surface area contributed by atoms with Gasteiger partial charge in [0.15, 0.2) is 6.04 Å². The first-order valence-electron chi connectivity index (χ1n) is 15.0. The highest BCUT2D eigenvalue weighted by Gasteiger charge is 2.32. The highest BCUT2D eigenvalue weighted by atomic mass is 28.3. The minimum Gasteiger partial charge on any atom is -0.480 e. The minimum absolute atomic E-state index is 0.0169. The lowest BCUT2D eigenvalue weighted by atomic mass is 10.1. The van der Waals surface area contributed by atoms with E-state index in [1.807, 2.05) is 46.0 Å². The van der Waals surface area contributed by atoms with Crippen molar-refractivity contribution in [1.82, 2.24) is 29.5 Å². The van der Waals surface area contributed by atoms with Crippen LogP contribution < -0.4 is 4.74 Å². The number of piperazine rings is 1. The number of benzene rings is 1. The summed E-state index contributed by atoms with van der Waals surface area (Å²) < 4.78 is 18.7. The quantitative estimate of drug-likeness (QED) is 0.166. The van der Waals surface area contributed by atoms with Gasteiger partial charge in [0.2, 0.25) is 11.8 Å². The molecule has 238 valence electrons. The van der Waals surface area contributed by atoms with Crippen molar-refractivity contribution in [2.45, 2.75) is 38.5 Å². The summed E-state index contributed by atoms with van der Waals surface area (Å²) in [5.41, 5.74) is 2.91. The van der Waals surface area contributed by atoms with E-state index in [4.69, 9.17) is 14.2 Å². The summed E-state index contributed by atoms with van der Waals surface area (Å²) in [6.07, 6.45) is 3.50. The van der Waals surface area contributed by atoms with Crippen LogP contribution in [0.2, 0.25) is 25.7 Å². The Bertz CT molecular complexity index is 1610. The molecule has 1 amide bonds. The van der Waals surface area contributed by atoms with Crippen LogP contribution in [0.3, 0.4) is 0 Å². The summed E-state index contributed by atoms with van der Waals surface area (Å²) in [4.78, 5) is 37.2. The Kier molecular flexibility index (Phi) is 10.2. The number of aliphatic carboxylic acids is 1. The van der Waals surface area contributed by atoms with E-state index in [2.05, 4.69) is 34.7 Å². The summed E-state index contributed by atoms with van der Waals surface area (Å²) in [7, 11) is 0.327. The second-order valence-corrected chi connectivity index (χ2v) is 17.9. The van der Waals surface area contributed by atoms with Gasteiger partial charge in [-0.3, -0.25) is 19.5 Å². The van der Waals surface area contributed by atoms with E-state index in [9.17, 15) is 14.7 Å². The number of pyridine rings is 2. The SMILES string of the molecule is COCC(=O)N1CCN(C(C(=O)O)c2ccc3cc(Oc4ccc(-c5ccnn5COCC[Si](C)(C)C)cn4)ccc3n2)CC1. The zero-order valence-corrected chi connectivity index (χ0v) is 27.2. The number of amides is 1. The number of fused-ring (bicyclic) bond motifs is 1. The van der Waals surface area contributed by atoms with Crippen LogP contribution in [0.5, 0.6) is 11.6 Å². The maximum absolute atomic E-state index is 12.3. The lowest BCUT2D eigenvalue weighted by Crippen LogP contribution is -2.51.